The number of nitrogens with one attached hydrogen (secondary N) is 1. The Bertz CT molecular complexity index is 550. The maximum atomic E-state index is 12.0. The zero-order valence-electron chi connectivity index (χ0n) is 11.5. The molecule has 0 saturated heterocycles. The molecule has 20 heavy (non-hydrogen) atoms. The van der Waals surface area contributed by atoms with E-state index in [-0.39, 0.29) is 23.4 Å². The van der Waals surface area contributed by atoms with Crippen LogP contribution in [0, 0.1) is 11.8 Å². The van der Waals surface area contributed by atoms with E-state index in [2.05, 4.69) is 15.3 Å². The molecule has 3 atom stereocenters. The SMILES string of the molecule is CC(C)C1(C)N=C(C2=NC(O)C=CC2C(=O)O)NC1=O. The summed E-state index contributed by atoms with van der Waals surface area (Å²) in [6.07, 6.45) is 1.52. The molecule has 0 fully saturated rings. The first-order valence-corrected chi connectivity index (χ1v) is 6.34. The number of hydrogen-bond acceptors (Lipinski definition) is 5. The van der Waals surface area contributed by atoms with Gasteiger partial charge in [-0.15, -0.1) is 0 Å². The molecule has 7 heteroatoms. The normalized spacial score (nSPS) is 33.0. The molecule has 1 amide bonds. The van der Waals surface area contributed by atoms with E-state index in [0.29, 0.717) is 0 Å². The number of aliphatic imine (C=N–C) groups is 2. The topological polar surface area (TPSA) is 111 Å². The Morgan fingerprint density at radius 1 is 1.45 bits per heavy atom. The van der Waals surface area contributed by atoms with Crippen molar-refractivity contribution in [3.63, 3.8) is 0 Å². The number of aliphatic carboxylic acids is 1. The number of amidine groups is 1. The van der Waals surface area contributed by atoms with E-state index in [4.69, 9.17) is 0 Å². The number of carboxylic acids is 1. The maximum absolute atomic E-state index is 12.0. The number of aliphatic hydroxyl groups is 1. The highest BCUT2D eigenvalue weighted by Crippen LogP contribution is 2.27. The predicted molar refractivity (Wildman–Crippen MR) is 72.5 cm³/mol. The number of dihydropyridines is 1. The number of rotatable bonds is 3. The first-order valence-electron chi connectivity index (χ1n) is 6.34. The average Bonchev–Trinajstić information content (AvgIpc) is 2.66. The van der Waals surface area contributed by atoms with Gasteiger partial charge < -0.3 is 15.5 Å². The second-order valence-corrected chi connectivity index (χ2v) is 5.35. The number of aliphatic hydroxyl groups excluding tert-OH is 1. The van der Waals surface area contributed by atoms with Gasteiger partial charge in [0.15, 0.2) is 12.1 Å². The van der Waals surface area contributed by atoms with Gasteiger partial charge in [0.1, 0.15) is 11.5 Å². The van der Waals surface area contributed by atoms with Gasteiger partial charge in [-0.1, -0.05) is 19.9 Å². The van der Waals surface area contributed by atoms with Crippen molar-refractivity contribution in [1.29, 1.82) is 0 Å². The van der Waals surface area contributed by atoms with E-state index in [1.165, 1.54) is 12.2 Å². The highest BCUT2D eigenvalue weighted by Gasteiger charge is 2.44. The van der Waals surface area contributed by atoms with Crippen LogP contribution in [-0.2, 0) is 9.59 Å². The van der Waals surface area contributed by atoms with Gasteiger partial charge in [-0.05, 0) is 18.9 Å². The second-order valence-electron chi connectivity index (χ2n) is 5.35. The molecule has 2 rings (SSSR count). The van der Waals surface area contributed by atoms with Gasteiger partial charge in [0.05, 0.1) is 5.71 Å². The van der Waals surface area contributed by atoms with Gasteiger partial charge >= 0.3 is 5.97 Å². The van der Waals surface area contributed by atoms with Gasteiger partial charge in [0.25, 0.3) is 5.91 Å². The molecule has 0 aromatic rings. The average molecular weight is 279 g/mol. The van der Waals surface area contributed by atoms with Gasteiger partial charge in [-0.25, -0.2) is 9.98 Å². The quantitative estimate of drug-likeness (QED) is 0.629. The molecule has 108 valence electrons. The van der Waals surface area contributed by atoms with Crippen molar-refractivity contribution in [3.8, 4) is 0 Å². The lowest BCUT2D eigenvalue weighted by Crippen LogP contribution is -2.43. The van der Waals surface area contributed by atoms with Crippen LogP contribution < -0.4 is 5.32 Å². The zero-order valence-corrected chi connectivity index (χ0v) is 11.5. The molecule has 0 saturated carbocycles. The summed E-state index contributed by atoms with van der Waals surface area (Å²) in [5, 5.41) is 21.3. The highest BCUT2D eigenvalue weighted by molar-refractivity contribution is 6.49. The lowest BCUT2D eigenvalue weighted by molar-refractivity contribution is -0.138. The molecule has 0 spiro atoms. The molecular weight excluding hydrogens is 262 g/mol. The van der Waals surface area contributed by atoms with E-state index in [0.717, 1.165) is 0 Å². The monoisotopic (exact) mass is 279 g/mol. The largest absolute Gasteiger partial charge is 0.481 e. The van der Waals surface area contributed by atoms with Crippen LogP contribution in [0.5, 0.6) is 0 Å². The standard InChI is InChI=1S/C13H17N3O4/c1-6(2)13(3)12(20)15-10(16-13)9-7(11(18)19)4-5-8(17)14-9/h4-8,17H,1-3H3,(H,18,19)(H,15,16,20). The summed E-state index contributed by atoms with van der Waals surface area (Å²) in [7, 11) is 0. The summed E-state index contributed by atoms with van der Waals surface area (Å²) in [4.78, 5) is 31.5. The minimum absolute atomic E-state index is 0.0482. The van der Waals surface area contributed by atoms with E-state index >= 15 is 0 Å². The van der Waals surface area contributed by atoms with Gasteiger partial charge in [0.2, 0.25) is 0 Å². The summed E-state index contributed by atoms with van der Waals surface area (Å²) in [6, 6.07) is 0. The molecule has 7 nitrogen and oxygen atoms in total. The minimum Gasteiger partial charge on any atom is -0.481 e. The van der Waals surface area contributed by atoms with Crippen LogP contribution in [-0.4, -0.2) is 45.4 Å². The Morgan fingerprint density at radius 2 is 2.10 bits per heavy atom. The summed E-state index contributed by atoms with van der Waals surface area (Å²) < 4.78 is 0. The fourth-order valence-electron chi connectivity index (χ4n) is 2.03. The summed E-state index contributed by atoms with van der Waals surface area (Å²) >= 11 is 0. The molecule has 0 bridgehead atoms. The lowest BCUT2D eigenvalue weighted by atomic mass is 9.89. The number of nitrogens with zero attached hydrogens (tertiary/aromatic N) is 2. The molecule has 0 aromatic heterocycles. The van der Waals surface area contributed by atoms with Crippen molar-refractivity contribution < 1.29 is 19.8 Å². The Balaban J connectivity index is 2.40. The second kappa shape index (κ2) is 4.82. The van der Waals surface area contributed by atoms with Crippen molar-refractivity contribution in [2.24, 2.45) is 21.8 Å². The molecule has 2 aliphatic heterocycles. The third-order valence-electron chi connectivity index (χ3n) is 3.71. The van der Waals surface area contributed by atoms with Crippen LogP contribution in [0.4, 0.5) is 0 Å². The smallest absolute Gasteiger partial charge is 0.316 e. The number of carbonyl (C=O) groups excluding carboxylic acids is 1. The number of carboxylic acid groups (broad SMARTS) is 1. The van der Waals surface area contributed by atoms with Crippen LogP contribution in [0.3, 0.4) is 0 Å². The van der Waals surface area contributed by atoms with Gasteiger partial charge in [-0.3, -0.25) is 9.59 Å². The predicted octanol–water partition coefficient (Wildman–Crippen LogP) is -0.0406. The van der Waals surface area contributed by atoms with Gasteiger partial charge in [-0.2, -0.15) is 0 Å². The first kappa shape index (κ1) is 14.4. The van der Waals surface area contributed by atoms with Gasteiger partial charge in [0, 0.05) is 0 Å². The molecule has 0 aromatic carbocycles. The van der Waals surface area contributed by atoms with E-state index < -0.39 is 23.7 Å². The number of hydrogen-bond donors (Lipinski definition) is 3. The van der Waals surface area contributed by atoms with Crippen LogP contribution in [0.25, 0.3) is 0 Å². The first-order chi connectivity index (χ1) is 9.25. The zero-order chi connectivity index (χ0) is 15.1. The lowest BCUT2D eigenvalue weighted by Gasteiger charge is -2.21. The molecule has 3 N–H and O–H groups in total. The van der Waals surface area contributed by atoms with Crippen molar-refractivity contribution in [1.82, 2.24) is 5.32 Å². The van der Waals surface area contributed by atoms with E-state index in [1.54, 1.807) is 6.92 Å². The summed E-state index contributed by atoms with van der Waals surface area (Å²) in [5.74, 6) is -2.35. The number of amides is 1. The molecule has 2 heterocycles. The van der Waals surface area contributed by atoms with Crippen molar-refractivity contribution in [3.05, 3.63) is 12.2 Å². The highest BCUT2D eigenvalue weighted by atomic mass is 16.4. The fraction of sp³-hybridized carbons (Fsp3) is 0.538. The summed E-state index contributed by atoms with van der Waals surface area (Å²) in [6.45, 7) is 5.40. The molecule has 3 unspecified atom stereocenters. The fourth-order valence-corrected chi connectivity index (χ4v) is 2.03. The Hall–Kier alpha value is -2.02. The molecule has 2 aliphatic rings. The van der Waals surface area contributed by atoms with Crippen molar-refractivity contribution in [2.45, 2.75) is 32.5 Å². The Labute approximate surface area is 116 Å². The van der Waals surface area contributed by atoms with Crippen LogP contribution in [0.1, 0.15) is 20.8 Å². The minimum atomic E-state index is -1.12. The van der Waals surface area contributed by atoms with Crippen molar-refractivity contribution in [2.75, 3.05) is 0 Å². The van der Waals surface area contributed by atoms with E-state index in [9.17, 15) is 19.8 Å². The molecule has 0 aliphatic carbocycles. The van der Waals surface area contributed by atoms with Crippen LogP contribution >= 0.6 is 0 Å². The van der Waals surface area contributed by atoms with Crippen LogP contribution in [0.2, 0.25) is 0 Å². The maximum Gasteiger partial charge on any atom is 0.316 e. The Morgan fingerprint density at radius 3 is 2.60 bits per heavy atom. The Kier molecular flexibility index (Phi) is 3.47. The summed E-state index contributed by atoms with van der Waals surface area (Å²) in [5.41, 5.74) is -0.877. The van der Waals surface area contributed by atoms with Crippen LogP contribution in [0.15, 0.2) is 22.1 Å². The molecule has 0 radical (unpaired) electrons. The van der Waals surface area contributed by atoms with Crippen molar-refractivity contribution >= 4 is 23.4 Å². The third-order valence-corrected chi connectivity index (χ3v) is 3.71. The molecular formula is C13H17N3O4. The van der Waals surface area contributed by atoms with E-state index in [1.807, 2.05) is 13.8 Å². The third kappa shape index (κ3) is 2.24. The number of carbonyl (C=O) groups is 2.